The Morgan fingerprint density at radius 3 is 2.61 bits per heavy atom. The van der Waals surface area contributed by atoms with Gasteiger partial charge in [0.05, 0.1) is 0 Å². The molecule has 0 bridgehead atoms. The SMILES string of the molecule is CCCN(CC(=O)O)C(=O)N1CCCC1C(C)C. The molecular weight excluding hydrogens is 232 g/mol. The number of carbonyl (C=O) groups is 2. The Hall–Kier alpha value is -1.26. The van der Waals surface area contributed by atoms with E-state index < -0.39 is 5.97 Å². The van der Waals surface area contributed by atoms with E-state index in [1.54, 1.807) is 0 Å². The molecule has 0 aliphatic carbocycles. The lowest BCUT2D eigenvalue weighted by Crippen LogP contribution is -2.48. The molecule has 1 unspecified atom stereocenters. The first-order valence-corrected chi connectivity index (χ1v) is 6.74. The van der Waals surface area contributed by atoms with Crippen molar-refractivity contribution in [2.75, 3.05) is 19.6 Å². The highest BCUT2D eigenvalue weighted by Crippen LogP contribution is 2.24. The van der Waals surface area contributed by atoms with E-state index in [0.717, 1.165) is 25.8 Å². The molecular formula is C13H24N2O3. The van der Waals surface area contributed by atoms with Gasteiger partial charge in [-0.1, -0.05) is 20.8 Å². The molecule has 1 fully saturated rings. The zero-order chi connectivity index (χ0) is 13.7. The summed E-state index contributed by atoms with van der Waals surface area (Å²) < 4.78 is 0. The van der Waals surface area contributed by atoms with E-state index in [2.05, 4.69) is 13.8 Å². The molecule has 2 amide bonds. The van der Waals surface area contributed by atoms with Crippen molar-refractivity contribution in [3.05, 3.63) is 0 Å². The fraction of sp³-hybridized carbons (Fsp3) is 0.846. The van der Waals surface area contributed by atoms with Gasteiger partial charge in [-0.2, -0.15) is 0 Å². The summed E-state index contributed by atoms with van der Waals surface area (Å²) in [6.45, 7) is 7.23. The molecule has 1 aliphatic heterocycles. The van der Waals surface area contributed by atoms with Gasteiger partial charge in [-0.3, -0.25) is 4.79 Å². The highest BCUT2D eigenvalue weighted by atomic mass is 16.4. The smallest absolute Gasteiger partial charge is 0.323 e. The molecule has 0 saturated carbocycles. The third-order valence-electron chi connectivity index (χ3n) is 3.40. The van der Waals surface area contributed by atoms with Gasteiger partial charge in [-0.15, -0.1) is 0 Å². The minimum atomic E-state index is -0.947. The van der Waals surface area contributed by atoms with Crippen LogP contribution in [-0.2, 0) is 4.79 Å². The van der Waals surface area contributed by atoms with Crippen molar-refractivity contribution in [2.24, 2.45) is 5.92 Å². The fourth-order valence-corrected chi connectivity index (χ4v) is 2.58. The van der Waals surface area contributed by atoms with E-state index in [9.17, 15) is 9.59 Å². The highest BCUT2D eigenvalue weighted by Gasteiger charge is 2.33. The quantitative estimate of drug-likeness (QED) is 0.818. The van der Waals surface area contributed by atoms with Crippen LogP contribution in [0, 0.1) is 5.92 Å². The molecule has 5 nitrogen and oxygen atoms in total. The van der Waals surface area contributed by atoms with Crippen molar-refractivity contribution in [3.8, 4) is 0 Å². The van der Waals surface area contributed by atoms with E-state index >= 15 is 0 Å². The van der Waals surface area contributed by atoms with Crippen molar-refractivity contribution in [1.29, 1.82) is 0 Å². The van der Waals surface area contributed by atoms with Crippen LogP contribution in [0.5, 0.6) is 0 Å². The second-order valence-corrected chi connectivity index (χ2v) is 5.24. The van der Waals surface area contributed by atoms with Gasteiger partial charge < -0.3 is 14.9 Å². The lowest BCUT2D eigenvalue weighted by atomic mass is 10.0. The summed E-state index contributed by atoms with van der Waals surface area (Å²) in [6.07, 6.45) is 2.82. The summed E-state index contributed by atoms with van der Waals surface area (Å²) in [5.41, 5.74) is 0. The van der Waals surface area contributed by atoms with Gasteiger partial charge in [-0.05, 0) is 25.2 Å². The van der Waals surface area contributed by atoms with Crippen molar-refractivity contribution < 1.29 is 14.7 Å². The monoisotopic (exact) mass is 256 g/mol. The number of hydrogen-bond acceptors (Lipinski definition) is 2. The highest BCUT2D eigenvalue weighted by molar-refractivity contribution is 5.80. The first kappa shape index (κ1) is 14.8. The number of aliphatic carboxylic acids is 1. The van der Waals surface area contributed by atoms with Crippen molar-refractivity contribution >= 4 is 12.0 Å². The molecule has 1 aliphatic rings. The van der Waals surface area contributed by atoms with Gasteiger partial charge >= 0.3 is 12.0 Å². The molecule has 0 radical (unpaired) electrons. The number of rotatable bonds is 5. The predicted molar refractivity (Wildman–Crippen MR) is 69.5 cm³/mol. The Labute approximate surface area is 109 Å². The van der Waals surface area contributed by atoms with E-state index in [0.29, 0.717) is 12.5 Å². The van der Waals surface area contributed by atoms with Crippen LogP contribution < -0.4 is 0 Å². The Morgan fingerprint density at radius 2 is 2.11 bits per heavy atom. The largest absolute Gasteiger partial charge is 0.480 e. The predicted octanol–water partition coefficient (Wildman–Crippen LogP) is 2.02. The number of urea groups is 1. The fourth-order valence-electron chi connectivity index (χ4n) is 2.58. The maximum atomic E-state index is 12.4. The molecule has 5 heteroatoms. The molecule has 1 saturated heterocycles. The summed E-state index contributed by atoms with van der Waals surface area (Å²) in [5, 5.41) is 8.86. The maximum Gasteiger partial charge on any atom is 0.323 e. The van der Waals surface area contributed by atoms with Crippen LogP contribution in [0.1, 0.15) is 40.0 Å². The standard InChI is InChI=1S/C13H24N2O3/c1-4-7-14(9-12(16)17)13(18)15-8-5-6-11(15)10(2)3/h10-11H,4-9H2,1-3H3,(H,16,17). The molecule has 1 N–H and O–H groups in total. The van der Waals surface area contributed by atoms with Crippen LogP contribution in [0.4, 0.5) is 4.79 Å². The Kier molecular flexibility index (Phi) is 5.44. The first-order valence-electron chi connectivity index (χ1n) is 6.74. The number of carboxylic acid groups (broad SMARTS) is 1. The zero-order valence-electron chi connectivity index (χ0n) is 11.6. The van der Waals surface area contributed by atoms with Gasteiger partial charge in [0.25, 0.3) is 0 Å². The minimum Gasteiger partial charge on any atom is -0.480 e. The molecule has 0 aromatic rings. The Balaban J connectivity index is 2.72. The lowest BCUT2D eigenvalue weighted by Gasteiger charge is -2.32. The molecule has 0 aromatic heterocycles. The maximum absolute atomic E-state index is 12.4. The first-order chi connectivity index (χ1) is 8.47. The molecule has 1 atom stereocenters. The van der Waals surface area contributed by atoms with E-state index in [1.807, 2.05) is 11.8 Å². The van der Waals surface area contributed by atoms with Gasteiger partial charge in [0.1, 0.15) is 6.54 Å². The number of hydrogen-bond donors (Lipinski definition) is 1. The van der Waals surface area contributed by atoms with Crippen LogP contribution in [0.25, 0.3) is 0 Å². The summed E-state index contributed by atoms with van der Waals surface area (Å²) in [6, 6.07) is 0.140. The molecule has 0 spiro atoms. The normalized spacial score (nSPS) is 19.3. The average Bonchev–Trinajstić information content (AvgIpc) is 2.75. The topological polar surface area (TPSA) is 60.9 Å². The van der Waals surface area contributed by atoms with Crippen LogP contribution in [-0.4, -0.2) is 52.6 Å². The summed E-state index contributed by atoms with van der Waals surface area (Å²) in [7, 11) is 0. The van der Waals surface area contributed by atoms with Gasteiger partial charge in [0, 0.05) is 19.1 Å². The Bertz CT molecular complexity index is 305. The number of carboxylic acids is 1. The molecule has 104 valence electrons. The average molecular weight is 256 g/mol. The van der Waals surface area contributed by atoms with Crippen molar-refractivity contribution in [3.63, 3.8) is 0 Å². The van der Waals surface area contributed by atoms with Gasteiger partial charge in [0.2, 0.25) is 0 Å². The summed E-state index contributed by atoms with van der Waals surface area (Å²) in [4.78, 5) is 26.5. The molecule has 0 aromatic carbocycles. The molecule has 1 heterocycles. The van der Waals surface area contributed by atoms with Crippen LogP contribution in [0.15, 0.2) is 0 Å². The minimum absolute atomic E-state index is 0.115. The van der Waals surface area contributed by atoms with Gasteiger partial charge in [-0.25, -0.2) is 4.79 Å². The lowest BCUT2D eigenvalue weighted by molar-refractivity contribution is -0.137. The number of likely N-dealkylation sites (tertiary alicyclic amines) is 1. The van der Waals surface area contributed by atoms with Gasteiger partial charge in [0.15, 0.2) is 0 Å². The number of amides is 2. The van der Waals surface area contributed by atoms with Crippen molar-refractivity contribution in [2.45, 2.75) is 46.1 Å². The second-order valence-electron chi connectivity index (χ2n) is 5.24. The summed E-state index contributed by atoms with van der Waals surface area (Å²) >= 11 is 0. The number of nitrogens with zero attached hydrogens (tertiary/aromatic N) is 2. The number of carbonyl (C=O) groups excluding carboxylic acids is 1. The third kappa shape index (κ3) is 3.62. The van der Waals surface area contributed by atoms with Crippen LogP contribution in [0.3, 0.4) is 0 Å². The van der Waals surface area contributed by atoms with E-state index in [4.69, 9.17) is 5.11 Å². The van der Waals surface area contributed by atoms with Crippen LogP contribution >= 0.6 is 0 Å². The van der Waals surface area contributed by atoms with E-state index in [-0.39, 0.29) is 18.6 Å². The zero-order valence-corrected chi connectivity index (χ0v) is 11.6. The second kappa shape index (κ2) is 6.61. The van der Waals surface area contributed by atoms with E-state index in [1.165, 1.54) is 4.90 Å². The van der Waals surface area contributed by atoms with Crippen molar-refractivity contribution in [1.82, 2.24) is 9.80 Å². The third-order valence-corrected chi connectivity index (χ3v) is 3.40. The molecule has 18 heavy (non-hydrogen) atoms. The molecule has 1 rings (SSSR count). The Morgan fingerprint density at radius 1 is 1.44 bits per heavy atom. The summed E-state index contributed by atoms with van der Waals surface area (Å²) in [5.74, 6) is -0.526. The van der Waals surface area contributed by atoms with Crippen LogP contribution in [0.2, 0.25) is 0 Å².